The van der Waals surface area contributed by atoms with Gasteiger partial charge in [-0.3, -0.25) is 0 Å². The summed E-state index contributed by atoms with van der Waals surface area (Å²) < 4.78 is 20.4. The van der Waals surface area contributed by atoms with Gasteiger partial charge < -0.3 is 24.7 Å². The fourth-order valence-corrected chi connectivity index (χ4v) is 1.55. The highest BCUT2D eigenvalue weighted by Gasteiger charge is 2.13. The summed E-state index contributed by atoms with van der Waals surface area (Å²) in [6.45, 7) is 1.78. The predicted molar refractivity (Wildman–Crippen MR) is 75.0 cm³/mol. The maximum atomic E-state index is 11.9. The number of hydrogen-bond donors (Lipinski definition) is 1. The lowest BCUT2D eigenvalue weighted by Gasteiger charge is -2.09. The number of esters is 1. The number of nitrogen functional groups attached to an aromatic ring is 1. The highest BCUT2D eigenvalue weighted by molar-refractivity contribution is 5.93. The lowest BCUT2D eigenvalue weighted by atomic mass is 10.2. The molecule has 0 amide bonds. The number of methoxy groups -OCH3 is 2. The summed E-state index contributed by atoms with van der Waals surface area (Å²) in [5.74, 6) is -0.0571. The number of rotatable bonds is 9. The topological polar surface area (TPSA) is 80.0 Å². The molecule has 0 saturated carbocycles. The molecule has 0 heterocycles. The van der Waals surface area contributed by atoms with Gasteiger partial charge in [-0.1, -0.05) is 0 Å². The van der Waals surface area contributed by atoms with Crippen LogP contribution in [0.15, 0.2) is 18.2 Å². The van der Waals surface area contributed by atoms with Crippen molar-refractivity contribution in [1.29, 1.82) is 0 Å². The van der Waals surface area contributed by atoms with Crippen molar-refractivity contribution in [3.63, 3.8) is 0 Å². The van der Waals surface area contributed by atoms with E-state index in [0.29, 0.717) is 36.8 Å². The van der Waals surface area contributed by atoms with Crippen LogP contribution in [0.4, 0.5) is 5.69 Å². The number of carbonyl (C=O) groups excluding carboxylic acids is 1. The summed E-state index contributed by atoms with van der Waals surface area (Å²) >= 11 is 0. The molecular weight excluding hydrogens is 262 g/mol. The average Bonchev–Trinajstić information content (AvgIpc) is 2.45. The largest absolute Gasteiger partial charge is 0.496 e. The zero-order valence-corrected chi connectivity index (χ0v) is 11.9. The number of anilines is 1. The quantitative estimate of drug-likeness (QED) is 0.420. The van der Waals surface area contributed by atoms with Crippen molar-refractivity contribution in [2.45, 2.75) is 6.42 Å². The molecule has 0 spiro atoms. The molecule has 0 saturated heterocycles. The molecule has 0 aromatic heterocycles. The molecule has 20 heavy (non-hydrogen) atoms. The number of nitrogens with two attached hydrogens (primary N) is 1. The molecule has 0 unspecified atom stereocenters. The Morgan fingerprint density at radius 2 is 1.95 bits per heavy atom. The van der Waals surface area contributed by atoms with Crippen molar-refractivity contribution in [3.8, 4) is 5.75 Å². The smallest absolute Gasteiger partial charge is 0.342 e. The Kier molecular flexibility index (Phi) is 7.46. The van der Waals surface area contributed by atoms with Crippen molar-refractivity contribution in [3.05, 3.63) is 23.8 Å². The molecule has 0 aliphatic rings. The molecule has 1 rings (SSSR count). The van der Waals surface area contributed by atoms with E-state index in [1.54, 1.807) is 25.3 Å². The van der Waals surface area contributed by atoms with Gasteiger partial charge in [0.15, 0.2) is 0 Å². The first-order valence-electron chi connectivity index (χ1n) is 6.36. The van der Waals surface area contributed by atoms with Crippen LogP contribution in [0.1, 0.15) is 16.8 Å². The zero-order valence-electron chi connectivity index (χ0n) is 11.9. The number of benzene rings is 1. The van der Waals surface area contributed by atoms with Gasteiger partial charge in [-0.15, -0.1) is 0 Å². The van der Waals surface area contributed by atoms with Gasteiger partial charge in [0.25, 0.3) is 0 Å². The highest BCUT2D eigenvalue weighted by atomic mass is 16.6. The molecule has 0 radical (unpaired) electrons. The van der Waals surface area contributed by atoms with Crippen molar-refractivity contribution >= 4 is 11.7 Å². The minimum atomic E-state index is -0.456. The fraction of sp³-hybridized carbons (Fsp3) is 0.500. The van der Waals surface area contributed by atoms with E-state index in [9.17, 15) is 4.79 Å². The van der Waals surface area contributed by atoms with Gasteiger partial charge in [-0.25, -0.2) is 4.79 Å². The third kappa shape index (κ3) is 5.46. The molecular formula is C14H21NO5. The van der Waals surface area contributed by atoms with Gasteiger partial charge in [0.05, 0.1) is 13.7 Å². The van der Waals surface area contributed by atoms with Crippen LogP contribution in [0.3, 0.4) is 0 Å². The van der Waals surface area contributed by atoms with E-state index in [2.05, 4.69) is 0 Å². The van der Waals surface area contributed by atoms with Gasteiger partial charge in [0.1, 0.15) is 17.9 Å². The van der Waals surface area contributed by atoms with E-state index in [1.165, 1.54) is 7.11 Å². The maximum Gasteiger partial charge on any atom is 0.342 e. The maximum absolute atomic E-state index is 11.9. The fourth-order valence-electron chi connectivity index (χ4n) is 1.55. The van der Waals surface area contributed by atoms with E-state index in [-0.39, 0.29) is 6.61 Å². The van der Waals surface area contributed by atoms with Gasteiger partial charge in [0.2, 0.25) is 0 Å². The van der Waals surface area contributed by atoms with E-state index >= 15 is 0 Å². The normalized spacial score (nSPS) is 10.3. The Hall–Kier alpha value is -1.79. The molecule has 1 aromatic rings. The monoisotopic (exact) mass is 283 g/mol. The van der Waals surface area contributed by atoms with E-state index in [1.807, 2.05) is 0 Å². The van der Waals surface area contributed by atoms with Crippen LogP contribution in [0.25, 0.3) is 0 Å². The Bertz CT molecular complexity index is 422. The molecule has 0 bridgehead atoms. The van der Waals surface area contributed by atoms with Crippen molar-refractivity contribution < 1.29 is 23.7 Å². The molecule has 0 atom stereocenters. The van der Waals surface area contributed by atoms with Gasteiger partial charge in [-0.05, 0) is 18.6 Å². The Morgan fingerprint density at radius 3 is 2.65 bits per heavy atom. The van der Waals surface area contributed by atoms with Crippen LogP contribution in [0, 0.1) is 0 Å². The molecule has 112 valence electrons. The second-order valence-corrected chi connectivity index (χ2v) is 4.05. The van der Waals surface area contributed by atoms with Crippen LogP contribution >= 0.6 is 0 Å². The minimum absolute atomic E-state index is 0.194. The number of carbonyl (C=O) groups is 1. The first-order chi connectivity index (χ1) is 9.69. The summed E-state index contributed by atoms with van der Waals surface area (Å²) in [6.07, 6.45) is 0.816. The third-order valence-electron chi connectivity index (χ3n) is 2.54. The Morgan fingerprint density at radius 1 is 1.15 bits per heavy atom. The van der Waals surface area contributed by atoms with E-state index < -0.39 is 5.97 Å². The summed E-state index contributed by atoms with van der Waals surface area (Å²) in [4.78, 5) is 11.9. The standard InChI is InChI=1S/C14H21NO5/c1-17-6-3-7-19-8-9-20-14(16)12-5-4-11(15)10-13(12)18-2/h4-5,10H,3,6-9,15H2,1-2H3. The Balaban J connectivity index is 2.32. The van der Waals surface area contributed by atoms with Crippen molar-refractivity contribution in [2.24, 2.45) is 0 Å². The first-order valence-corrected chi connectivity index (χ1v) is 6.36. The third-order valence-corrected chi connectivity index (χ3v) is 2.54. The van der Waals surface area contributed by atoms with Gasteiger partial charge in [0, 0.05) is 32.1 Å². The van der Waals surface area contributed by atoms with E-state index in [0.717, 1.165) is 6.42 Å². The van der Waals surface area contributed by atoms with Crippen molar-refractivity contribution in [2.75, 3.05) is 46.4 Å². The summed E-state index contributed by atoms with van der Waals surface area (Å²) in [5.41, 5.74) is 6.50. The van der Waals surface area contributed by atoms with Crippen LogP contribution < -0.4 is 10.5 Å². The molecule has 6 heteroatoms. The van der Waals surface area contributed by atoms with Crippen LogP contribution in [0.2, 0.25) is 0 Å². The minimum Gasteiger partial charge on any atom is -0.496 e. The number of ether oxygens (including phenoxy) is 4. The average molecular weight is 283 g/mol. The molecule has 2 N–H and O–H groups in total. The molecule has 0 fully saturated rings. The number of hydrogen-bond acceptors (Lipinski definition) is 6. The van der Waals surface area contributed by atoms with Crippen molar-refractivity contribution in [1.82, 2.24) is 0 Å². The Labute approximate surface area is 118 Å². The van der Waals surface area contributed by atoms with Gasteiger partial charge in [-0.2, -0.15) is 0 Å². The summed E-state index contributed by atoms with van der Waals surface area (Å²) in [5, 5.41) is 0. The van der Waals surface area contributed by atoms with Crippen LogP contribution in [-0.2, 0) is 14.2 Å². The zero-order chi connectivity index (χ0) is 14.8. The predicted octanol–water partition coefficient (Wildman–Crippen LogP) is 1.49. The second kappa shape index (κ2) is 9.17. The molecule has 0 aliphatic carbocycles. The first kappa shape index (κ1) is 16.3. The summed E-state index contributed by atoms with van der Waals surface area (Å²) in [6, 6.07) is 4.79. The van der Waals surface area contributed by atoms with Gasteiger partial charge >= 0.3 is 5.97 Å². The van der Waals surface area contributed by atoms with E-state index in [4.69, 9.17) is 24.7 Å². The molecule has 1 aromatic carbocycles. The molecule has 0 aliphatic heterocycles. The highest BCUT2D eigenvalue weighted by Crippen LogP contribution is 2.22. The van der Waals surface area contributed by atoms with Crippen LogP contribution in [-0.4, -0.2) is 46.6 Å². The molecule has 6 nitrogen and oxygen atoms in total. The second-order valence-electron chi connectivity index (χ2n) is 4.05. The SMILES string of the molecule is COCCCOCCOC(=O)c1ccc(N)cc1OC. The lowest BCUT2D eigenvalue weighted by Crippen LogP contribution is -2.12. The lowest BCUT2D eigenvalue weighted by molar-refractivity contribution is 0.0285. The van der Waals surface area contributed by atoms with Crippen LogP contribution in [0.5, 0.6) is 5.75 Å². The summed E-state index contributed by atoms with van der Waals surface area (Å²) in [7, 11) is 3.12.